The minimum absolute atomic E-state index is 0.140. The number of ether oxygens (including phenoxy) is 1. The van der Waals surface area contributed by atoms with Gasteiger partial charge in [0.15, 0.2) is 17.0 Å². The van der Waals surface area contributed by atoms with Crippen molar-refractivity contribution in [2.75, 3.05) is 30.7 Å². The smallest absolute Gasteiger partial charge is 0.284 e. The molecule has 0 spiro atoms. The molecule has 0 radical (unpaired) electrons. The first-order valence-electron chi connectivity index (χ1n) is 12.1. The topological polar surface area (TPSA) is 95.4 Å². The molecule has 5 rings (SSSR count). The second-order valence-electron chi connectivity index (χ2n) is 8.46. The van der Waals surface area contributed by atoms with Gasteiger partial charge in [0.2, 0.25) is 0 Å². The van der Waals surface area contributed by atoms with Crippen LogP contribution >= 0.6 is 51.8 Å². The van der Waals surface area contributed by atoms with Gasteiger partial charge in [-0.15, -0.1) is 11.8 Å². The fourth-order valence-corrected chi connectivity index (χ4v) is 6.17. The lowest BCUT2D eigenvalue weighted by Gasteiger charge is -2.25. The van der Waals surface area contributed by atoms with Crippen molar-refractivity contribution < 1.29 is 4.74 Å². The highest BCUT2D eigenvalue weighted by Crippen LogP contribution is 2.31. The van der Waals surface area contributed by atoms with Crippen LogP contribution in [0.25, 0.3) is 22.4 Å². The van der Waals surface area contributed by atoms with E-state index in [1.54, 1.807) is 46.5 Å². The van der Waals surface area contributed by atoms with Gasteiger partial charge in [-0.1, -0.05) is 36.7 Å². The van der Waals surface area contributed by atoms with E-state index in [4.69, 9.17) is 16.3 Å². The largest absolute Gasteiger partial charge is 0.380 e. The summed E-state index contributed by atoms with van der Waals surface area (Å²) in [5.41, 5.74) is 2.81. The molecule has 0 N–H and O–H groups in total. The van der Waals surface area contributed by atoms with Gasteiger partial charge in [0.05, 0.1) is 29.1 Å². The Morgan fingerprint density at radius 1 is 1.21 bits per heavy atom. The predicted octanol–water partition coefficient (Wildman–Crippen LogP) is 5.48. The molecule has 0 saturated carbocycles. The van der Waals surface area contributed by atoms with Crippen LogP contribution in [0.2, 0.25) is 5.02 Å². The molecule has 0 aliphatic rings. The van der Waals surface area contributed by atoms with Gasteiger partial charge in [-0.3, -0.25) is 13.7 Å². The highest BCUT2D eigenvalue weighted by Gasteiger charge is 2.18. The van der Waals surface area contributed by atoms with Crippen molar-refractivity contribution in [2.45, 2.75) is 26.4 Å². The van der Waals surface area contributed by atoms with Crippen LogP contribution in [0.5, 0.6) is 0 Å². The number of anilines is 1. The number of hydrogen-bond acceptors (Lipinski definition) is 8. The second kappa shape index (κ2) is 13.9. The molecule has 4 aromatic heterocycles. The lowest BCUT2D eigenvalue weighted by molar-refractivity contribution is 0.124. The van der Waals surface area contributed by atoms with Crippen LogP contribution in [0.1, 0.15) is 19.7 Å². The van der Waals surface area contributed by atoms with E-state index < -0.39 is 0 Å². The van der Waals surface area contributed by atoms with E-state index >= 15 is 0 Å². The molecule has 206 valence electrons. The monoisotopic (exact) mass is 698 g/mol. The quantitative estimate of drug-likeness (QED) is 0.114. The molecular formula is C25H29ClIN8O2PS. The summed E-state index contributed by atoms with van der Waals surface area (Å²) in [4.78, 5) is 28.0. The molecule has 10 nitrogen and oxygen atoms in total. The first kappa shape index (κ1) is 29.7. The van der Waals surface area contributed by atoms with Crippen molar-refractivity contribution in [1.82, 2.24) is 33.5 Å². The Balaban J connectivity index is 0.000000181. The van der Waals surface area contributed by atoms with Crippen molar-refractivity contribution in [3.63, 3.8) is 0 Å². The standard InChI is InChI=1S/C14H12ClN3O.C11H17IN5OPS/c1-2-12-16-17-9-8-11(15)13(17)14(19)18(12)10-6-4-3-5-7-10;1-8(18-2)4-16(7-20-3)10-9-11(14-5-13-10)17(19-12)6-15-9/h3-9H,2H2,1H3;5-6,8,19H,4,7H2,1-3H3. The molecule has 0 aliphatic heterocycles. The molecule has 1 aromatic carbocycles. The van der Waals surface area contributed by atoms with Gasteiger partial charge >= 0.3 is 0 Å². The SMILES string of the molecule is CCc1nn2ccc(Cl)c2c(=O)n1-c1ccccc1.COC(C)CN(CSC)c1ncnc2c1ncn2PI. The van der Waals surface area contributed by atoms with Crippen LogP contribution in [-0.2, 0) is 11.2 Å². The van der Waals surface area contributed by atoms with Crippen molar-refractivity contribution >= 4 is 74.3 Å². The third-order valence-corrected chi connectivity index (χ3v) is 8.85. The summed E-state index contributed by atoms with van der Waals surface area (Å²) in [6.45, 7) is 4.80. The molecule has 2 unspecified atom stereocenters. The van der Waals surface area contributed by atoms with Crippen LogP contribution in [-0.4, -0.2) is 65.4 Å². The number of methoxy groups -OCH3 is 1. The zero-order valence-electron chi connectivity index (χ0n) is 22.0. The molecule has 0 fully saturated rings. The normalized spacial score (nSPS) is 12.3. The Hall–Kier alpha value is -2.25. The van der Waals surface area contributed by atoms with Crippen molar-refractivity contribution in [1.29, 1.82) is 0 Å². The summed E-state index contributed by atoms with van der Waals surface area (Å²) in [6, 6.07) is 11.2. The highest BCUT2D eigenvalue weighted by molar-refractivity contribution is 14.2. The summed E-state index contributed by atoms with van der Waals surface area (Å²) in [6.07, 6.45) is 8.59. The second-order valence-corrected chi connectivity index (χ2v) is 11.8. The van der Waals surface area contributed by atoms with Gasteiger partial charge in [-0.05, 0) is 53.4 Å². The third-order valence-electron chi connectivity index (χ3n) is 5.90. The molecule has 0 amide bonds. The average Bonchev–Trinajstić information content (AvgIpc) is 3.56. The Morgan fingerprint density at radius 3 is 2.64 bits per heavy atom. The minimum Gasteiger partial charge on any atom is -0.380 e. The summed E-state index contributed by atoms with van der Waals surface area (Å²) in [7, 11) is 1.73. The van der Waals surface area contributed by atoms with Gasteiger partial charge in [-0.2, -0.15) is 5.10 Å². The van der Waals surface area contributed by atoms with Gasteiger partial charge in [-0.25, -0.2) is 19.5 Å². The Morgan fingerprint density at radius 2 is 1.97 bits per heavy atom. The van der Waals surface area contributed by atoms with E-state index in [-0.39, 0.29) is 11.7 Å². The molecule has 0 saturated heterocycles. The van der Waals surface area contributed by atoms with E-state index in [0.717, 1.165) is 35.1 Å². The fraction of sp³-hybridized carbons (Fsp3) is 0.320. The number of hydrogen-bond donors (Lipinski definition) is 0. The Bertz CT molecular complexity index is 1600. The summed E-state index contributed by atoms with van der Waals surface area (Å²) >= 11 is 10.1. The number of aryl methyl sites for hydroxylation is 1. The first-order valence-corrected chi connectivity index (χ1v) is 17.9. The van der Waals surface area contributed by atoms with Gasteiger partial charge in [0.25, 0.3) is 5.56 Å². The molecular weight excluding hydrogens is 670 g/mol. The Labute approximate surface area is 250 Å². The number of para-hydroxylation sites is 1. The zero-order chi connectivity index (χ0) is 27.9. The number of nitrogens with zero attached hydrogens (tertiary/aromatic N) is 8. The number of thioether (sulfide) groups is 1. The van der Waals surface area contributed by atoms with Crippen LogP contribution < -0.4 is 10.5 Å². The summed E-state index contributed by atoms with van der Waals surface area (Å²) in [5, 5.41) is 4.87. The van der Waals surface area contributed by atoms with Gasteiger partial charge < -0.3 is 9.64 Å². The van der Waals surface area contributed by atoms with E-state index in [0.29, 0.717) is 29.2 Å². The number of imidazole rings is 1. The van der Waals surface area contributed by atoms with Crippen LogP contribution in [0.15, 0.2) is 60.0 Å². The molecule has 14 heteroatoms. The predicted molar refractivity (Wildman–Crippen MR) is 170 cm³/mol. The Kier molecular flexibility index (Phi) is 10.6. The number of aromatic nitrogens is 7. The molecule has 39 heavy (non-hydrogen) atoms. The fourth-order valence-electron chi connectivity index (χ4n) is 4.00. The van der Waals surface area contributed by atoms with Crippen molar-refractivity contribution in [3.05, 3.63) is 76.5 Å². The summed E-state index contributed by atoms with van der Waals surface area (Å²) in [5.74, 6) is 2.43. The molecule has 0 aliphatic carbocycles. The number of rotatable bonds is 9. The number of fused-ring (bicyclic) bond motifs is 2. The molecule has 0 bridgehead atoms. The zero-order valence-corrected chi connectivity index (χ0v) is 26.7. The number of benzene rings is 1. The van der Waals surface area contributed by atoms with Crippen LogP contribution in [0.3, 0.4) is 0 Å². The van der Waals surface area contributed by atoms with E-state index in [1.807, 2.05) is 47.9 Å². The van der Waals surface area contributed by atoms with Gasteiger partial charge in [0, 0.05) is 26.3 Å². The highest BCUT2D eigenvalue weighted by atomic mass is 127. The maximum atomic E-state index is 12.6. The van der Waals surface area contributed by atoms with Crippen LogP contribution in [0, 0.1) is 0 Å². The average molecular weight is 699 g/mol. The molecule has 5 aromatic rings. The van der Waals surface area contributed by atoms with Crippen molar-refractivity contribution in [3.8, 4) is 5.69 Å². The lowest BCUT2D eigenvalue weighted by Crippen LogP contribution is -2.32. The molecule has 2 atom stereocenters. The number of halogens is 2. The minimum atomic E-state index is -0.145. The first-order chi connectivity index (χ1) is 18.9. The van der Waals surface area contributed by atoms with E-state index in [9.17, 15) is 4.79 Å². The maximum absolute atomic E-state index is 12.6. The third kappa shape index (κ3) is 6.57. The lowest BCUT2D eigenvalue weighted by atomic mass is 10.3. The van der Waals surface area contributed by atoms with Gasteiger partial charge in [0.1, 0.15) is 24.0 Å². The van der Waals surface area contributed by atoms with E-state index in [1.165, 1.54) is 0 Å². The van der Waals surface area contributed by atoms with E-state index in [2.05, 4.69) is 60.2 Å². The maximum Gasteiger partial charge on any atom is 0.284 e. The van der Waals surface area contributed by atoms with Crippen LogP contribution in [0.4, 0.5) is 5.82 Å². The summed E-state index contributed by atoms with van der Waals surface area (Å²) < 4.78 is 10.6. The van der Waals surface area contributed by atoms with Crippen molar-refractivity contribution in [2.24, 2.45) is 0 Å². The molecule has 4 heterocycles.